The maximum atomic E-state index is 12.3. The molecule has 0 rings (SSSR count). The molecule has 146 valence electrons. The zero-order valence-corrected chi connectivity index (χ0v) is 16.0. The first kappa shape index (κ1) is 24.4. The molecule has 4 N–H and O–H groups in total. The van der Waals surface area contributed by atoms with Crippen LogP contribution >= 0.6 is 22.3 Å². The van der Waals surface area contributed by atoms with Crippen LogP contribution in [0.1, 0.15) is 0 Å². The fourth-order valence-corrected chi connectivity index (χ4v) is 9.26. The molecule has 0 fully saturated rings. The number of ether oxygens (including phenoxy) is 4. The SMILES string of the molecule is COCCOCCOCCOCP(=O)(CP(=O)(O)O)CP(=O)(O)O. The van der Waals surface area contributed by atoms with Crippen LogP contribution < -0.4 is 0 Å². The smallest absolute Gasteiger partial charge is 0.332 e. The molecule has 0 saturated heterocycles. The van der Waals surface area contributed by atoms with Gasteiger partial charge in [-0.3, -0.25) is 9.13 Å². The summed E-state index contributed by atoms with van der Waals surface area (Å²) in [4.78, 5) is 35.6. The van der Waals surface area contributed by atoms with E-state index in [2.05, 4.69) is 0 Å². The summed E-state index contributed by atoms with van der Waals surface area (Å²) >= 11 is 0. The van der Waals surface area contributed by atoms with Gasteiger partial charge < -0.3 is 43.1 Å². The van der Waals surface area contributed by atoms with Crippen molar-refractivity contribution in [3.8, 4) is 0 Å². The summed E-state index contributed by atoms with van der Waals surface area (Å²) in [5.74, 6) is -2.22. The van der Waals surface area contributed by atoms with Crippen molar-refractivity contribution in [3.63, 3.8) is 0 Å². The minimum atomic E-state index is -4.70. The third-order valence-corrected chi connectivity index (χ3v) is 10.1. The molecule has 0 aliphatic heterocycles. The van der Waals surface area contributed by atoms with E-state index in [1.54, 1.807) is 7.11 Å². The van der Waals surface area contributed by atoms with Gasteiger partial charge in [-0.15, -0.1) is 0 Å². The van der Waals surface area contributed by atoms with Crippen LogP contribution in [-0.2, 0) is 32.6 Å². The third-order valence-electron chi connectivity index (χ3n) is 2.39. The molecular formula is C10H25O11P3. The Morgan fingerprint density at radius 1 is 0.667 bits per heavy atom. The van der Waals surface area contributed by atoms with Crippen molar-refractivity contribution in [1.82, 2.24) is 0 Å². The molecule has 14 heteroatoms. The lowest BCUT2D eigenvalue weighted by molar-refractivity contribution is 0.00862. The second-order valence-corrected chi connectivity index (χ2v) is 12.2. The van der Waals surface area contributed by atoms with Gasteiger partial charge in [-0.1, -0.05) is 0 Å². The van der Waals surface area contributed by atoms with Gasteiger partial charge >= 0.3 is 15.2 Å². The summed E-state index contributed by atoms with van der Waals surface area (Å²) in [7, 11) is -11.7. The van der Waals surface area contributed by atoms with Crippen LogP contribution in [0.3, 0.4) is 0 Å². The van der Waals surface area contributed by atoms with Crippen molar-refractivity contribution in [3.05, 3.63) is 0 Å². The topological polar surface area (TPSA) is 169 Å². The van der Waals surface area contributed by atoms with Crippen LogP contribution in [0.4, 0.5) is 0 Å². The second kappa shape index (κ2) is 11.9. The highest BCUT2D eigenvalue weighted by Crippen LogP contribution is 2.63. The molecule has 0 radical (unpaired) electrons. The fraction of sp³-hybridized carbons (Fsp3) is 1.00. The van der Waals surface area contributed by atoms with Crippen LogP contribution in [0.15, 0.2) is 0 Å². The number of hydrogen-bond acceptors (Lipinski definition) is 7. The summed E-state index contributed by atoms with van der Waals surface area (Å²) in [6.45, 7) is 1.61. The van der Waals surface area contributed by atoms with Gasteiger partial charge in [0.1, 0.15) is 25.3 Å². The van der Waals surface area contributed by atoms with E-state index in [4.69, 9.17) is 38.5 Å². The summed E-state index contributed by atoms with van der Waals surface area (Å²) in [6.07, 6.45) is -0.642. The standard InChI is InChI=1S/C10H25O11P3/c1-18-2-3-19-4-5-20-6-7-21-8-22(11,9-23(12,13)14)10-24(15,16)17/h2-10H2,1H3,(H2,12,13,14)(H2,15,16,17). The van der Waals surface area contributed by atoms with Crippen LogP contribution in [-0.4, -0.2) is 84.5 Å². The molecule has 0 unspecified atom stereocenters. The molecule has 11 nitrogen and oxygen atoms in total. The largest absolute Gasteiger partial charge is 0.382 e. The monoisotopic (exact) mass is 414 g/mol. The van der Waals surface area contributed by atoms with Crippen LogP contribution in [0, 0.1) is 0 Å². The molecule has 0 aliphatic carbocycles. The van der Waals surface area contributed by atoms with E-state index in [9.17, 15) is 13.7 Å². The van der Waals surface area contributed by atoms with E-state index >= 15 is 0 Å². The van der Waals surface area contributed by atoms with Gasteiger partial charge in [0, 0.05) is 7.11 Å². The summed E-state index contributed by atoms with van der Waals surface area (Å²) in [5.41, 5.74) is 0. The van der Waals surface area contributed by atoms with Crippen LogP contribution in [0.5, 0.6) is 0 Å². The summed E-state index contributed by atoms with van der Waals surface area (Å²) in [6, 6.07) is 0. The molecule has 24 heavy (non-hydrogen) atoms. The molecule has 0 saturated carbocycles. The lowest BCUT2D eigenvalue weighted by atomic mass is 10.7. The van der Waals surface area contributed by atoms with E-state index in [1.807, 2.05) is 0 Å². The zero-order chi connectivity index (χ0) is 18.7. The van der Waals surface area contributed by atoms with Gasteiger partial charge in [0.2, 0.25) is 0 Å². The Morgan fingerprint density at radius 3 is 1.42 bits per heavy atom. The Morgan fingerprint density at radius 2 is 1.04 bits per heavy atom. The Balaban J connectivity index is 4.06. The van der Waals surface area contributed by atoms with Crippen molar-refractivity contribution in [2.45, 2.75) is 0 Å². The lowest BCUT2D eigenvalue weighted by Crippen LogP contribution is -2.12. The molecule has 0 bridgehead atoms. The minimum Gasteiger partial charge on any atom is -0.382 e. The Labute approximate surface area is 140 Å². The number of rotatable bonds is 15. The average Bonchev–Trinajstić information content (AvgIpc) is 2.36. The van der Waals surface area contributed by atoms with E-state index in [0.29, 0.717) is 19.8 Å². The van der Waals surface area contributed by atoms with Gasteiger partial charge in [0.25, 0.3) is 0 Å². The molecule has 0 amide bonds. The minimum absolute atomic E-state index is 0.0373. The van der Waals surface area contributed by atoms with E-state index in [1.165, 1.54) is 0 Å². The first-order chi connectivity index (χ1) is 11.0. The highest BCUT2D eigenvalue weighted by molar-refractivity contribution is 7.82. The first-order valence-electron chi connectivity index (χ1n) is 6.86. The van der Waals surface area contributed by atoms with E-state index in [-0.39, 0.29) is 19.8 Å². The molecule has 0 aliphatic rings. The van der Waals surface area contributed by atoms with Gasteiger partial charge in [0.05, 0.1) is 39.6 Å². The van der Waals surface area contributed by atoms with Crippen molar-refractivity contribution in [2.75, 3.05) is 64.9 Å². The van der Waals surface area contributed by atoms with E-state index < -0.39 is 40.5 Å². The molecule has 0 aromatic rings. The van der Waals surface area contributed by atoms with E-state index in [0.717, 1.165) is 0 Å². The zero-order valence-electron chi connectivity index (χ0n) is 13.4. The Kier molecular flexibility index (Phi) is 12.1. The van der Waals surface area contributed by atoms with Crippen molar-refractivity contribution in [1.29, 1.82) is 0 Å². The number of methoxy groups -OCH3 is 1. The van der Waals surface area contributed by atoms with Gasteiger partial charge in [-0.05, 0) is 0 Å². The second-order valence-electron chi connectivity index (χ2n) is 4.93. The quantitative estimate of drug-likeness (QED) is 0.214. The van der Waals surface area contributed by atoms with Crippen molar-refractivity contribution in [2.24, 2.45) is 0 Å². The normalized spacial score (nSPS) is 13.4. The predicted molar refractivity (Wildman–Crippen MR) is 85.8 cm³/mol. The molecule has 0 atom stereocenters. The molecular weight excluding hydrogens is 389 g/mol. The predicted octanol–water partition coefficient (Wildman–Crippen LogP) is 0.274. The number of hydrogen-bond donors (Lipinski definition) is 4. The van der Waals surface area contributed by atoms with Gasteiger partial charge in [-0.25, -0.2) is 0 Å². The van der Waals surface area contributed by atoms with Crippen LogP contribution in [0.25, 0.3) is 0 Å². The molecule has 0 aromatic heterocycles. The molecule has 0 aromatic carbocycles. The van der Waals surface area contributed by atoms with Gasteiger partial charge in [-0.2, -0.15) is 0 Å². The average molecular weight is 414 g/mol. The summed E-state index contributed by atoms with van der Waals surface area (Å²) in [5, 5.41) is 0. The fourth-order valence-electron chi connectivity index (χ4n) is 1.61. The van der Waals surface area contributed by atoms with Gasteiger partial charge in [0.15, 0.2) is 0 Å². The highest BCUT2D eigenvalue weighted by atomic mass is 31.3. The summed E-state index contributed by atoms with van der Waals surface area (Å²) < 4.78 is 54.3. The maximum Gasteiger partial charge on any atom is 0.332 e. The third kappa shape index (κ3) is 15.9. The molecule has 0 spiro atoms. The van der Waals surface area contributed by atoms with Crippen molar-refractivity contribution < 1.29 is 52.2 Å². The maximum absolute atomic E-state index is 12.3. The Bertz CT molecular complexity index is 443. The lowest BCUT2D eigenvalue weighted by Gasteiger charge is -2.19. The molecule has 0 heterocycles. The first-order valence-corrected chi connectivity index (χ1v) is 12.7. The highest BCUT2D eigenvalue weighted by Gasteiger charge is 2.37. The Hall–Kier alpha value is 0.370. The van der Waals surface area contributed by atoms with Crippen molar-refractivity contribution >= 4 is 22.3 Å². The van der Waals surface area contributed by atoms with Crippen LogP contribution in [0.2, 0.25) is 0 Å².